The van der Waals surface area contributed by atoms with Crippen molar-refractivity contribution in [2.24, 2.45) is 0 Å². The highest BCUT2D eigenvalue weighted by Gasteiger charge is 2.19. The van der Waals surface area contributed by atoms with E-state index in [1.165, 1.54) is 6.07 Å². The molecule has 0 spiro atoms. The summed E-state index contributed by atoms with van der Waals surface area (Å²) in [5, 5.41) is 4.04. The first kappa shape index (κ1) is 15.0. The van der Waals surface area contributed by atoms with Crippen molar-refractivity contribution in [2.75, 3.05) is 6.54 Å². The Labute approximate surface area is 124 Å². The summed E-state index contributed by atoms with van der Waals surface area (Å²) in [4.78, 5) is 0. The van der Waals surface area contributed by atoms with Crippen molar-refractivity contribution in [1.29, 1.82) is 0 Å². The molecule has 0 amide bonds. The quantitative estimate of drug-likeness (QED) is 0.828. The molecular weight excluding hydrogens is 273 g/mol. The van der Waals surface area contributed by atoms with Gasteiger partial charge in [-0.1, -0.05) is 54.4 Å². The molecule has 2 aromatic carbocycles. The van der Waals surface area contributed by atoms with Gasteiger partial charge in [-0.15, -0.1) is 0 Å². The van der Waals surface area contributed by atoms with Crippen LogP contribution in [0.25, 0.3) is 0 Å². The van der Waals surface area contributed by atoms with Crippen molar-refractivity contribution in [2.45, 2.75) is 26.3 Å². The summed E-state index contributed by atoms with van der Waals surface area (Å²) < 4.78 is 14.2. The van der Waals surface area contributed by atoms with E-state index in [2.05, 4.69) is 12.2 Å². The largest absolute Gasteiger partial charge is 0.306 e. The van der Waals surface area contributed by atoms with Gasteiger partial charge in [0.2, 0.25) is 0 Å². The molecule has 0 saturated carbocycles. The summed E-state index contributed by atoms with van der Waals surface area (Å²) in [6, 6.07) is 12.5. The van der Waals surface area contributed by atoms with Crippen LogP contribution in [0.2, 0.25) is 5.02 Å². The Morgan fingerprint density at radius 2 is 1.90 bits per heavy atom. The molecule has 1 N–H and O–H groups in total. The van der Waals surface area contributed by atoms with Gasteiger partial charge >= 0.3 is 0 Å². The molecule has 0 saturated heterocycles. The van der Waals surface area contributed by atoms with Crippen LogP contribution in [0.4, 0.5) is 4.39 Å². The van der Waals surface area contributed by atoms with Gasteiger partial charge in [-0.3, -0.25) is 0 Å². The Hall–Kier alpha value is -1.38. The minimum Gasteiger partial charge on any atom is -0.306 e. The number of halogens is 2. The molecule has 1 atom stereocenters. The minimum atomic E-state index is -0.219. The van der Waals surface area contributed by atoms with Crippen LogP contribution in [0.5, 0.6) is 0 Å². The molecule has 2 aromatic rings. The highest BCUT2D eigenvalue weighted by atomic mass is 35.5. The Balaban J connectivity index is 2.47. The van der Waals surface area contributed by atoms with Gasteiger partial charge in [-0.2, -0.15) is 0 Å². The topological polar surface area (TPSA) is 12.0 Å². The molecule has 2 rings (SSSR count). The van der Waals surface area contributed by atoms with E-state index in [1.807, 2.05) is 37.3 Å². The zero-order valence-corrected chi connectivity index (χ0v) is 12.5. The molecule has 0 aliphatic rings. The molecule has 0 fully saturated rings. The normalized spacial score (nSPS) is 12.4. The van der Waals surface area contributed by atoms with E-state index in [-0.39, 0.29) is 11.9 Å². The molecule has 0 radical (unpaired) electrons. The van der Waals surface area contributed by atoms with Crippen molar-refractivity contribution >= 4 is 11.6 Å². The lowest BCUT2D eigenvalue weighted by molar-refractivity contribution is 0.546. The van der Waals surface area contributed by atoms with Crippen LogP contribution in [0.1, 0.15) is 36.1 Å². The average molecular weight is 292 g/mol. The first-order chi connectivity index (χ1) is 9.63. The standard InChI is InChI=1S/C17H19ClFN/c1-3-10-20-17(13-6-4-5-7-15(13)18)14-11-12(2)8-9-16(14)19/h4-9,11,17,20H,3,10H2,1-2H3. The molecular formula is C17H19ClFN. The number of aryl methyl sites for hydroxylation is 1. The second-order valence-electron chi connectivity index (χ2n) is 4.93. The Morgan fingerprint density at radius 3 is 2.60 bits per heavy atom. The number of rotatable bonds is 5. The van der Waals surface area contributed by atoms with Crippen molar-refractivity contribution in [3.05, 3.63) is 70.0 Å². The third kappa shape index (κ3) is 3.38. The fraction of sp³-hybridized carbons (Fsp3) is 0.294. The molecule has 0 aliphatic heterocycles. The molecule has 106 valence electrons. The number of benzene rings is 2. The summed E-state index contributed by atoms with van der Waals surface area (Å²) >= 11 is 6.28. The van der Waals surface area contributed by atoms with Crippen LogP contribution in [-0.4, -0.2) is 6.54 Å². The molecule has 20 heavy (non-hydrogen) atoms. The van der Waals surface area contributed by atoms with Gasteiger partial charge in [0, 0.05) is 10.6 Å². The second-order valence-corrected chi connectivity index (χ2v) is 5.34. The van der Waals surface area contributed by atoms with Crippen LogP contribution >= 0.6 is 11.6 Å². The lowest BCUT2D eigenvalue weighted by atomic mass is 9.96. The summed E-state index contributed by atoms with van der Waals surface area (Å²) in [5.41, 5.74) is 2.59. The van der Waals surface area contributed by atoms with Crippen molar-refractivity contribution in [1.82, 2.24) is 5.32 Å². The summed E-state index contributed by atoms with van der Waals surface area (Å²) in [6.45, 7) is 4.86. The zero-order valence-electron chi connectivity index (χ0n) is 11.8. The third-order valence-electron chi connectivity index (χ3n) is 3.28. The lowest BCUT2D eigenvalue weighted by Gasteiger charge is -2.21. The SMILES string of the molecule is CCCNC(c1cc(C)ccc1F)c1ccccc1Cl. The second kappa shape index (κ2) is 6.87. The first-order valence-corrected chi connectivity index (χ1v) is 7.25. The molecule has 0 bridgehead atoms. The first-order valence-electron chi connectivity index (χ1n) is 6.87. The van der Waals surface area contributed by atoms with E-state index < -0.39 is 0 Å². The van der Waals surface area contributed by atoms with Gasteiger partial charge in [0.05, 0.1) is 6.04 Å². The smallest absolute Gasteiger partial charge is 0.128 e. The fourth-order valence-corrected chi connectivity index (χ4v) is 2.51. The van der Waals surface area contributed by atoms with Crippen LogP contribution in [0.3, 0.4) is 0 Å². The predicted octanol–water partition coefficient (Wildman–Crippen LogP) is 4.88. The van der Waals surface area contributed by atoms with Crippen LogP contribution in [0.15, 0.2) is 42.5 Å². The van der Waals surface area contributed by atoms with Gasteiger partial charge in [-0.05, 0) is 37.6 Å². The van der Waals surface area contributed by atoms with Crippen LogP contribution in [-0.2, 0) is 0 Å². The molecule has 1 unspecified atom stereocenters. The number of hydrogen-bond donors (Lipinski definition) is 1. The zero-order chi connectivity index (χ0) is 14.5. The van der Waals surface area contributed by atoms with Crippen LogP contribution < -0.4 is 5.32 Å². The van der Waals surface area contributed by atoms with E-state index in [0.29, 0.717) is 10.6 Å². The molecule has 0 aliphatic carbocycles. The highest BCUT2D eigenvalue weighted by Crippen LogP contribution is 2.30. The monoisotopic (exact) mass is 291 g/mol. The van der Waals surface area contributed by atoms with E-state index in [1.54, 1.807) is 6.07 Å². The molecule has 0 aromatic heterocycles. The van der Waals surface area contributed by atoms with E-state index in [9.17, 15) is 4.39 Å². The predicted molar refractivity (Wildman–Crippen MR) is 82.7 cm³/mol. The molecule has 0 heterocycles. The van der Waals surface area contributed by atoms with Crippen LogP contribution in [0, 0.1) is 12.7 Å². The average Bonchev–Trinajstić information content (AvgIpc) is 2.44. The minimum absolute atomic E-state index is 0.205. The van der Waals surface area contributed by atoms with Gasteiger partial charge < -0.3 is 5.32 Å². The third-order valence-corrected chi connectivity index (χ3v) is 3.62. The molecule has 3 heteroatoms. The highest BCUT2D eigenvalue weighted by molar-refractivity contribution is 6.31. The maximum atomic E-state index is 14.2. The maximum Gasteiger partial charge on any atom is 0.128 e. The molecule has 1 nitrogen and oxygen atoms in total. The Morgan fingerprint density at radius 1 is 1.15 bits per heavy atom. The maximum absolute atomic E-state index is 14.2. The number of nitrogens with one attached hydrogen (secondary N) is 1. The van der Waals surface area contributed by atoms with Gasteiger partial charge in [0.25, 0.3) is 0 Å². The van der Waals surface area contributed by atoms with Crippen molar-refractivity contribution in [3.63, 3.8) is 0 Å². The Bertz CT molecular complexity index is 583. The van der Waals surface area contributed by atoms with E-state index in [4.69, 9.17) is 11.6 Å². The summed E-state index contributed by atoms with van der Waals surface area (Å²) in [7, 11) is 0. The van der Waals surface area contributed by atoms with Gasteiger partial charge in [0.15, 0.2) is 0 Å². The van der Waals surface area contributed by atoms with Gasteiger partial charge in [0.1, 0.15) is 5.82 Å². The van der Waals surface area contributed by atoms with E-state index in [0.717, 1.165) is 24.1 Å². The lowest BCUT2D eigenvalue weighted by Crippen LogP contribution is -2.24. The van der Waals surface area contributed by atoms with Crippen molar-refractivity contribution < 1.29 is 4.39 Å². The Kier molecular flexibility index (Phi) is 5.16. The van der Waals surface area contributed by atoms with E-state index >= 15 is 0 Å². The number of hydrogen-bond acceptors (Lipinski definition) is 1. The van der Waals surface area contributed by atoms with Gasteiger partial charge in [-0.25, -0.2) is 4.39 Å². The summed E-state index contributed by atoms with van der Waals surface area (Å²) in [6.07, 6.45) is 0.981. The fourth-order valence-electron chi connectivity index (χ4n) is 2.27. The summed E-state index contributed by atoms with van der Waals surface area (Å²) in [5.74, 6) is -0.205. The van der Waals surface area contributed by atoms with Crippen molar-refractivity contribution in [3.8, 4) is 0 Å².